The van der Waals surface area contributed by atoms with Crippen LogP contribution < -0.4 is 28.7 Å². The highest BCUT2D eigenvalue weighted by molar-refractivity contribution is 7.55. The maximum atomic E-state index is 13.5. The molecule has 4 rings (SSSR count). The van der Waals surface area contributed by atoms with Crippen molar-refractivity contribution < 1.29 is 32.0 Å². The van der Waals surface area contributed by atoms with Gasteiger partial charge >= 0.3 is 21.2 Å². The third-order valence-corrected chi connectivity index (χ3v) is 7.86. The van der Waals surface area contributed by atoms with Gasteiger partial charge < -0.3 is 28.7 Å². The zero-order valence-corrected chi connectivity index (χ0v) is 22.0. The normalized spacial score (nSPS) is 11.2. The zero-order chi connectivity index (χ0) is 26.7. The van der Waals surface area contributed by atoms with Gasteiger partial charge in [0, 0.05) is 0 Å². The van der Waals surface area contributed by atoms with Crippen molar-refractivity contribution in [1.29, 1.82) is 0 Å². The van der Waals surface area contributed by atoms with Crippen LogP contribution in [0.4, 0.5) is 4.79 Å². The lowest BCUT2D eigenvalue weighted by molar-refractivity contribution is 0.241. The minimum atomic E-state index is -3.89. The molecule has 4 aromatic rings. The Kier molecular flexibility index (Phi) is 9.09. The van der Waals surface area contributed by atoms with Crippen LogP contribution in [0.2, 0.25) is 0 Å². The van der Waals surface area contributed by atoms with Crippen LogP contribution in [0.5, 0.6) is 23.0 Å². The van der Waals surface area contributed by atoms with Gasteiger partial charge in [-0.05, 0) is 48.5 Å². The first-order chi connectivity index (χ1) is 18.4. The molecule has 0 aromatic heterocycles. The number of hydrogen-bond donors (Lipinski definition) is 2. The van der Waals surface area contributed by atoms with Crippen molar-refractivity contribution >= 4 is 21.2 Å². The summed E-state index contributed by atoms with van der Waals surface area (Å²) in [5.74, 6) is 1.24. The molecule has 0 radical (unpaired) electrons. The van der Waals surface area contributed by atoms with E-state index in [2.05, 4.69) is 10.6 Å². The molecule has 4 aromatic carbocycles. The fraction of sp³-hybridized carbons (Fsp3) is 0.0741. The van der Waals surface area contributed by atoms with Crippen LogP contribution in [0.1, 0.15) is 0 Å². The Bertz CT molecular complexity index is 1190. The molecule has 0 heterocycles. The molecular weight excluding hydrogens is 526 g/mol. The van der Waals surface area contributed by atoms with Crippen molar-refractivity contribution in [1.82, 2.24) is 10.6 Å². The highest BCUT2D eigenvalue weighted by Gasteiger charge is 2.32. The number of rotatable bonds is 12. The molecule has 0 atom stereocenters. The maximum absolute atomic E-state index is 13.5. The van der Waals surface area contributed by atoms with Crippen LogP contribution in [0.15, 0.2) is 121 Å². The van der Waals surface area contributed by atoms with E-state index >= 15 is 0 Å². The molecule has 11 heteroatoms. The molecule has 0 aliphatic carbocycles. The van der Waals surface area contributed by atoms with Crippen molar-refractivity contribution in [2.75, 3.05) is 12.6 Å². The average Bonchev–Trinajstić information content (AvgIpc) is 2.93. The number of carbonyl (C=O) groups is 1. The topological polar surface area (TPSA) is 112 Å². The molecule has 2 amide bonds. The molecule has 0 saturated carbocycles. The summed E-state index contributed by atoms with van der Waals surface area (Å²) in [6.45, 7) is 0. The number of benzene rings is 4. The van der Waals surface area contributed by atoms with Crippen molar-refractivity contribution in [3.63, 3.8) is 0 Å². The molecule has 0 bridgehead atoms. The molecular formula is C27H26N2O7P2. The van der Waals surface area contributed by atoms with Gasteiger partial charge in [-0.2, -0.15) is 0 Å². The number of amides is 2. The summed E-state index contributed by atoms with van der Waals surface area (Å²) in [4.78, 5) is 12.7. The second-order valence-electron chi connectivity index (χ2n) is 7.84. The number of nitrogens with one attached hydrogen (secondary N) is 2. The summed E-state index contributed by atoms with van der Waals surface area (Å²) in [6, 6.07) is 33.1. The Balaban J connectivity index is 1.42. The predicted octanol–water partition coefficient (Wildman–Crippen LogP) is 6.90. The van der Waals surface area contributed by atoms with E-state index in [4.69, 9.17) is 18.1 Å². The van der Waals surface area contributed by atoms with Gasteiger partial charge in [0.25, 0.3) is 0 Å². The third kappa shape index (κ3) is 8.44. The first-order valence-electron chi connectivity index (χ1n) is 11.6. The number of hydrogen-bond acceptors (Lipinski definition) is 7. The first-order valence-corrected chi connectivity index (χ1v) is 15.1. The van der Waals surface area contributed by atoms with E-state index in [0.29, 0.717) is 23.0 Å². The van der Waals surface area contributed by atoms with Crippen molar-refractivity contribution in [2.45, 2.75) is 0 Å². The minimum absolute atomic E-state index is 0.311. The van der Waals surface area contributed by atoms with Crippen LogP contribution in [-0.2, 0) is 9.13 Å². The van der Waals surface area contributed by atoms with E-state index < -0.39 is 33.8 Å². The molecule has 196 valence electrons. The van der Waals surface area contributed by atoms with Crippen LogP contribution in [0.25, 0.3) is 0 Å². The van der Waals surface area contributed by atoms with Gasteiger partial charge in [-0.25, -0.2) is 13.9 Å². The standard InChI is InChI=1S/C27H26N2O7P2/c30-27(28-21-37(31,33-23-13-5-1-6-14-23)34-24-15-7-2-8-16-24)29-22-38(32,35-25-17-9-3-10-18-25)36-26-19-11-4-12-20-26/h1-20H,21-22H2,(H2,28,29,30). The van der Waals surface area contributed by atoms with Crippen LogP contribution in [0, 0.1) is 0 Å². The SMILES string of the molecule is O=C(NCP(=O)(Oc1ccccc1)Oc1ccccc1)NCP(=O)(Oc1ccccc1)Oc1ccccc1. The van der Waals surface area contributed by atoms with Gasteiger partial charge in [-0.1, -0.05) is 72.8 Å². The first kappa shape index (κ1) is 26.9. The Morgan fingerprint density at radius 1 is 0.474 bits per heavy atom. The molecule has 0 aliphatic heterocycles. The van der Waals surface area contributed by atoms with Gasteiger partial charge in [0.05, 0.1) is 0 Å². The summed E-state index contributed by atoms with van der Waals surface area (Å²) in [5.41, 5.74) is 0. The third-order valence-electron chi connectivity index (χ3n) is 4.82. The van der Waals surface area contributed by atoms with Crippen molar-refractivity contribution in [2.24, 2.45) is 0 Å². The molecule has 0 spiro atoms. The second-order valence-corrected chi connectivity index (χ2v) is 11.6. The van der Waals surface area contributed by atoms with Gasteiger partial charge in [-0.15, -0.1) is 0 Å². The summed E-state index contributed by atoms with van der Waals surface area (Å²) in [5, 5.41) is 4.94. The highest BCUT2D eigenvalue weighted by Crippen LogP contribution is 2.48. The quantitative estimate of drug-likeness (QED) is 0.184. The Morgan fingerprint density at radius 2 is 0.711 bits per heavy atom. The van der Waals surface area contributed by atoms with E-state index in [-0.39, 0.29) is 0 Å². The molecule has 0 saturated heterocycles. The number of carbonyl (C=O) groups excluding carboxylic acids is 1. The van der Waals surface area contributed by atoms with E-state index in [0.717, 1.165) is 0 Å². The average molecular weight is 552 g/mol. The minimum Gasteiger partial charge on any atom is -0.415 e. The lowest BCUT2D eigenvalue weighted by atomic mass is 10.3. The Labute approximate surface area is 220 Å². The summed E-state index contributed by atoms with van der Waals surface area (Å²) in [6.07, 6.45) is -0.933. The van der Waals surface area contributed by atoms with Gasteiger partial charge in [-0.3, -0.25) is 0 Å². The molecule has 2 N–H and O–H groups in total. The maximum Gasteiger partial charge on any atom is 0.449 e. The van der Waals surface area contributed by atoms with E-state index in [1.54, 1.807) is 121 Å². The second kappa shape index (κ2) is 12.9. The summed E-state index contributed by atoms with van der Waals surface area (Å²) < 4.78 is 49.7. The van der Waals surface area contributed by atoms with Gasteiger partial charge in [0.15, 0.2) is 0 Å². The summed E-state index contributed by atoms with van der Waals surface area (Å²) >= 11 is 0. The molecule has 0 aliphatic rings. The largest absolute Gasteiger partial charge is 0.449 e. The Morgan fingerprint density at radius 3 is 0.947 bits per heavy atom. The van der Waals surface area contributed by atoms with E-state index in [1.807, 2.05) is 0 Å². The lowest BCUT2D eigenvalue weighted by Crippen LogP contribution is -2.38. The van der Waals surface area contributed by atoms with Crippen molar-refractivity contribution in [3.8, 4) is 23.0 Å². The monoisotopic (exact) mass is 552 g/mol. The number of para-hydroxylation sites is 4. The molecule has 0 fully saturated rings. The fourth-order valence-corrected chi connectivity index (χ4v) is 5.91. The van der Waals surface area contributed by atoms with Crippen molar-refractivity contribution in [3.05, 3.63) is 121 Å². The molecule has 38 heavy (non-hydrogen) atoms. The molecule has 9 nitrogen and oxygen atoms in total. The van der Waals surface area contributed by atoms with Crippen LogP contribution in [0.3, 0.4) is 0 Å². The number of urea groups is 1. The van der Waals surface area contributed by atoms with Crippen LogP contribution in [-0.4, -0.2) is 18.6 Å². The Hall–Kier alpha value is -4.19. The fourth-order valence-electron chi connectivity index (χ4n) is 3.13. The molecule has 0 unspecified atom stereocenters. The highest BCUT2D eigenvalue weighted by atomic mass is 31.2. The van der Waals surface area contributed by atoms with Gasteiger partial charge in [0.1, 0.15) is 35.6 Å². The smallest absolute Gasteiger partial charge is 0.415 e. The van der Waals surface area contributed by atoms with E-state index in [9.17, 15) is 13.9 Å². The summed E-state index contributed by atoms with van der Waals surface area (Å²) in [7, 11) is -7.79. The lowest BCUT2D eigenvalue weighted by Gasteiger charge is -2.22. The van der Waals surface area contributed by atoms with Crippen LogP contribution >= 0.6 is 15.2 Å². The van der Waals surface area contributed by atoms with Gasteiger partial charge in [0.2, 0.25) is 0 Å². The zero-order valence-electron chi connectivity index (χ0n) is 20.2. The van der Waals surface area contributed by atoms with E-state index in [1.165, 1.54) is 0 Å². The predicted molar refractivity (Wildman–Crippen MR) is 145 cm³/mol.